The van der Waals surface area contributed by atoms with Crippen LogP contribution in [0.1, 0.15) is 18.9 Å². The largest absolute Gasteiger partial charge is 0.379 e. The smallest absolute Gasteiger partial charge is 0.142 e. The van der Waals surface area contributed by atoms with Gasteiger partial charge in [-0.05, 0) is 25.0 Å². The van der Waals surface area contributed by atoms with E-state index >= 15 is 0 Å². The van der Waals surface area contributed by atoms with Crippen molar-refractivity contribution in [1.82, 2.24) is 5.32 Å². The van der Waals surface area contributed by atoms with Gasteiger partial charge < -0.3 is 10.1 Å². The average Bonchev–Trinajstić information content (AvgIpc) is 2.36. The molecule has 98 valence electrons. The number of benzene rings is 1. The molecule has 0 bridgehead atoms. The van der Waals surface area contributed by atoms with Crippen LogP contribution in [0.5, 0.6) is 0 Å². The van der Waals surface area contributed by atoms with Gasteiger partial charge in [-0.3, -0.25) is 0 Å². The highest BCUT2D eigenvalue weighted by molar-refractivity contribution is 6.32. The molecule has 1 aliphatic rings. The molecule has 0 amide bonds. The van der Waals surface area contributed by atoms with Gasteiger partial charge in [0, 0.05) is 12.6 Å². The molecule has 0 aromatic heterocycles. The lowest BCUT2D eigenvalue weighted by Crippen LogP contribution is -2.41. The van der Waals surface area contributed by atoms with Crippen molar-refractivity contribution in [2.24, 2.45) is 0 Å². The van der Waals surface area contributed by atoms with E-state index in [2.05, 4.69) is 5.32 Å². The summed E-state index contributed by atoms with van der Waals surface area (Å²) in [7, 11) is 0. The predicted molar refractivity (Wildman–Crippen MR) is 72.3 cm³/mol. The fourth-order valence-electron chi connectivity index (χ4n) is 2.10. The predicted octanol–water partition coefficient (Wildman–Crippen LogP) is 3.26. The second-order valence-electron chi connectivity index (χ2n) is 4.56. The fraction of sp³-hybridized carbons (Fsp3) is 0.429. The summed E-state index contributed by atoms with van der Waals surface area (Å²) in [6.45, 7) is 4.41. The lowest BCUT2D eigenvalue weighted by molar-refractivity contribution is 0.0771. The van der Waals surface area contributed by atoms with Crippen LogP contribution in [-0.2, 0) is 4.74 Å². The van der Waals surface area contributed by atoms with Crippen LogP contribution in [0.15, 0.2) is 23.8 Å². The number of morpholine rings is 1. The summed E-state index contributed by atoms with van der Waals surface area (Å²) in [4.78, 5) is 0. The highest BCUT2D eigenvalue weighted by Gasteiger charge is 2.13. The van der Waals surface area contributed by atoms with Crippen LogP contribution < -0.4 is 5.32 Å². The van der Waals surface area contributed by atoms with Gasteiger partial charge in [-0.1, -0.05) is 35.4 Å². The Hall–Kier alpha value is -0.900. The lowest BCUT2D eigenvalue weighted by atomic mass is 10.0. The zero-order valence-electron chi connectivity index (χ0n) is 10.4. The van der Waals surface area contributed by atoms with E-state index in [0.29, 0.717) is 6.04 Å². The maximum atomic E-state index is 13.3. The third-order valence-corrected chi connectivity index (χ3v) is 3.35. The summed E-state index contributed by atoms with van der Waals surface area (Å²) < 4.78 is 18.7. The van der Waals surface area contributed by atoms with Crippen LogP contribution in [0.4, 0.5) is 4.39 Å². The molecule has 0 aliphatic carbocycles. The second-order valence-corrected chi connectivity index (χ2v) is 4.94. The Morgan fingerprint density at radius 1 is 1.61 bits per heavy atom. The monoisotopic (exact) mass is 269 g/mol. The molecule has 18 heavy (non-hydrogen) atoms. The number of halogens is 2. The molecule has 1 N–H and O–H groups in total. The average molecular weight is 270 g/mol. The van der Waals surface area contributed by atoms with E-state index < -0.39 is 0 Å². The molecule has 1 unspecified atom stereocenters. The van der Waals surface area contributed by atoms with E-state index in [1.807, 2.05) is 19.1 Å². The zero-order valence-corrected chi connectivity index (χ0v) is 11.1. The molecule has 1 aromatic carbocycles. The van der Waals surface area contributed by atoms with Gasteiger partial charge in [0.2, 0.25) is 0 Å². The van der Waals surface area contributed by atoms with Crippen molar-refractivity contribution in [1.29, 1.82) is 0 Å². The van der Waals surface area contributed by atoms with Crippen molar-refractivity contribution in [3.8, 4) is 0 Å². The molecule has 2 nitrogen and oxygen atoms in total. The van der Waals surface area contributed by atoms with Gasteiger partial charge in [-0.25, -0.2) is 4.39 Å². The van der Waals surface area contributed by atoms with Gasteiger partial charge in [-0.2, -0.15) is 0 Å². The van der Waals surface area contributed by atoms with Gasteiger partial charge in [0.25, 0.3) is 0 Å². The van der Waals surface area contributed by atoms with Crippen LogP contribution in [0.25, 0.3) is 6.08 Å². The van der Waals surface area contributed by atoms with E-state index in [0.717, 1.165) is 37.3 Å². The van der Waals surface area contributed by atoms with Crippen LogP contribution in [0.3, 0.4) is 0 Å². The molecule has 4 heteroatoms. The van der Waals surface area contributed by atoms with Crippen molar-refractivity contribution < 1.29 is 9.13 Å². The molecule has 0 saturated carbocycles. The summed E-state index contributed by atoms with van der Waals surface area (Å²) in [6, 6.07) is 5.19. The van der Waals surface area contributed by atoms with Crippen LogP contribution in [0.2, 0.25) is 5.02 Å². The first kappa shape index (κ1) is 13.5. The number of ether oxygens (including phenoxy) is 1. The normalized spacial score (nSPS) is 21.1. The number of hydrogen-bond donors (Lipinski definition) is 1. The number of hydrogen-bond acceptors (Lipinski definition) is 2. The van der Waals surface area contributed by atoms with Crippen molar-refractivity contribution in [2.45, 2.75) is 19.4 Å². The quantitative estimate of drug-likeness (QED) is 0.909. The Balaban J connectivity index is 2.05. The molecular weight excluding hydrogens is 253 g/mol. The number of rotatable bonds is 3. The third-order valence-electron chi connectivity index (χ3n) is 2.95. The Kier molecular flexibility index (Phi) is 4.75. The maximum absolute atomic E-state index is 13.3. The molecule has 1 aliphatic heterocycles. The standard InChI is InChI=1S/C14H17ClFNO/c1-10(8-12-9-18-6-5-17-12)7-11-3-2-4-13(16)14(11)15/h2-4,7,12,17H,5-6,8-9H2,1H3/b10-7-. The molecule has 2 rings (SSSR count). The van der Waals surface area contributed by atoms with Crippen molar-refractivity contribution >= 4 is 17.7 Å². The van der Waals surface area contributed by atoms with E-state index in [1.165, 1.54) is 6.07 Å². The first-order chi connectivity index (χ1) is 8.66. The van der Waals surface area contributed by atoms with Gasteiger partial charge in [-0.15, -0.1) is 0 Å². The van der Waals surface area contributed by atoms with Crippen molar-refractivity contribution in [2.75, 3.05) is 19.8 Å². The van der Waals surface area contributed by atoms with Gasteiger partial charge >= 0.3 is 0 Å². The summed E-state index contributed by atoms with van der Waals surface area (Å²) in [5, 5.41) is 3.57. The molecule has 1 heterocycles. The van der Waals surface area contributed by atoms with Gasteiger partial charge in [0.15, 0.2) is 0 Å². The van der Waals surface area contributed by atoms with E-state index in [9.17, 15) is 4.39 Å². The molecular formula is C14H17ClFNO. The SMILES string of the molecule is C/C(=C/c1cccc(F)c1Cl)CC1COCCN1. The van der Waals surface area contributed by atoms with E-state index in [1.54, 1.807) is 6.07 Å². The third kappa shape index (κ3) is 3.55. The van der Waals surface area contributed by atoms with Crippen LogP contribution >= 0.6 is 11.6 Å². The highest BCUT2D eigenvalue weighted by atomic mass is 35.5. The minimum Gasteiger partial charge on any atom is -0.379 e. The van der Waals surface area contributed by atoms with Crippen molar-refractivity contribution in [3.05, 3.63) is 40.2 Å². The Morgan fingerprint density at radius 3 is 3.17 bits per heavy atom. The summed E-state index contributed by atoms with van der Waals surface area (Å²) in [5.41, 5.74) is 1.89. The summed E-state index contributed by atoms with van der Waals surface area (Å²) >= 11 is 5.92. The molecule has 1 atom stereocenters. The summed E-state index contributed by atoms with van der Waals surface area (Å²) in [5.74, 6) is -0.377. The fourth-order valence-corrected chi connectivity index (χ4v) is 2.28. The lowest BCUT2D eigenvalue weighted by Gasteiger charge is -2.24. The maximum Gasteiger partial charge on any atom is 0.142 e. The Labute approximate surface area is 112 Å². The Morgan fingerprint density at radius 2 is 2.44 bits per heavy atom. The van der Waals surface area contributed by atoms with Gasteiger partial charge in [0.1, 0.15) is 5.82 Å². The topological polar surface area (TPSA) is 21.3 Å². The highest BCUT2D eigenvalue weighted by Crippen LogP contribution is 2.23. The van der Waals surface area contributed by atoms with Crippen LogP contribution in [0, 0.1) is 5.82 Å². The minimum atomic E-state index is -0.377. The number of nitrogens with one attached hydrogen (secondary N) is 1. The summed E-state index contributed by atoms with van der Waals surface area (Å²) in [6.07, 6.45) is 2.81. The molecule has 0 radical (unpaired) electrons. The minimum absolute atomic E-state index is 0.185. The molecule has 1 saturated heterocycles. The van der Waals surface area contributed by atoms with Gasteiger partial charge in [0.05, 0.1) is 18.2 Å². The van der Waals surface area contributed by atoms with E-state index in [-0.39, 0.29) is 10.8 Å². The zero-order chi connectivity index (χ0) is 13.0. The van der Waals surface area contributed by atoms with Crippen molar-refractivity contribution in [3.63, 3.8) is 0 Å². The molecule has 1 aromatic rings. The molecule has 0 spiro atoms. The first-order valence-corrected chi connectivity index (χ1v) is 6.47. The molecule has 1 fully saturated rings. The first-order valence-electron chi connectivity index (χ1n) is 6.09. The Bertz CT molecular complexity index is 441. The van der Waals surface area contributed by atoms with Crippen LogP contribution in [-0.4, -0.2) is 25.8 Å². The second kappa shape index (κ2) is 6.32. The van der Waals surface area contributed by atoms with E-state index in [4.69, 9.17) is 16.3 Å².